The van der Waals surface area contributed by atoms with E-state index in [1.54, 1.807) is 0 Å². The lowest BCUT2D eigenvalue weighted by Gasteiger charge is -2.40. The number of nitrogens with one attached hydrogen (secondary N) is 1. The molecule has 24 heavy (non-hydrogen) atoms. The predicted molar refractivity (Wildman–Crippen MR) is 93.5 cm³/mol. The Bertz CT molecular complexity index is 612. The average molecular weight is 329 g/mol. The minimum atomic E-state index is -1.23. The zero-order valence-corrected chi connectivity index (χ0v) is 15.0. The fraction of sp³-hybridized carbons (Fsp3) is 0.550. The first-order valence-electron chi connectivity index (χ1n) is 8.54. The molecule has 0 bridgehead atoms. The predicted octanol–water partition coefficient (Wildman–Crippen LogP) is 3.09. The van der Waals surface area contributed by atoms with Crippen molar-refractivity contribution in [1.82, 2.24) is 5.32 Å². The third kappa shape index (κ3) is 4.11. The van der Waals surface area contributed by atoms with Crippen LogP contribution in [0.1, 0.15) is 52.5 Å². The summed E-state index contributed by atoms with van der Waals surface area (Å²) in [5, 5.41) is 2.82. The van der Waals surface area contributed by atoms with Gasteiger partial charge in [-0.1, -0.05) is 44.2 Å². The maximum atomic E-state index is 13.0. The molecule has 4 nitrogen and oxygen atoms in total. The highest BCUT2D eigenvalue weighted by Crippen LogP contribution is 2.44. The molecule has 1 aliphatic carbocycles. The van der Waals surface area contributed by atoms with E-state index in [1.807, 2.05) is 58.0 Å². The van der Waals surface area contributed by atoms with E-state index in [4.69, 9.17) is 0 Å². The van der Waals surface area contributed by atoms with Crippen molar-refractivity contribution < 1.29 is 14.4 Å². The number of hydrogen-bond donors (Lipinski definition) is 1. The van der Waals surface area contributed by atoms with E-state index in [-0.39, 0.29) is 35.4 Å². The van der Waals surface area contributed by atoms with Gasteiger partial charge in [0.25, 0.3) is 0 Å². The van der Waals surface area contributed by atoms with Crippen molar-refractivity contribution in [1.29, 1.82) is 0 Å². The molecule has 1 aromatic carbocycles. The molecular formula is C20H27NO3. The van der Waals surface area contributed by atoms with Gasteiger partial charge in [-0.15, -0.1) is 0 Å². The smallest absolute Gasteiger partial charge is 0.221 e. The van der Waals surface area contributed by atoms with E-state index in [2.05, 4.69) is 5.32 Å². The molecule has 4 heteroatoms. The van der Waals surface area contributed by atoms with Gasteiger partial charge in [0.15, 0.2) is 0 Å². The molecule has 0 saturated heterocycles. The molecule has 2 rings (SSSR count). The van der Waals surface area contributed by atoms with Crippen molar-refractivity contribution in [2.75, 3.05) is 0 Å². The second-order valence-electron chi connectivity index (χ2n) is 8.01. The number of benzene rings is 1. The summed E-state index contributed by atoms with van der Waals surface area (Å²) < 4.78 is 0. The highest BCUT2D eigenvalue weighted by Gasteiger charge is 2.52. The lowest BCUT2D eigenvalue weighted by Crippen LogP contribution is -2.51. The van der Waals surface area contributed by atoms with Crippen LogP contribution in [0.4, 0.5) is 0 Å². The Morgan fingerprint density at radius 2 is 1.62 bits per heavy atom. The first kappa shape index (κ1) is 18.4. The SMILES string of the molecule is CC(C)NC(=O)CC1(Cc2ccccc2)C(=O)CC(C)(C)CC1=O. The van der Waals surface area contributed by atoms with Crippen LogP contribution in [0.2, 0.25) is 0 Å². The molecule has 1 aromatic rings. The van der Waals surface area contributed by atoms with Gasteiger partial charge in [0, 0.05) is 25.3 Å². The van der Waals surface area contributed by atoms with Gasteiger partial charge in [0.05, 0.1) is 0 Å². The Kier molecular flexibility index (Phi) is 5.26. The van der Waals surface area contributed by atoms with Gasteiger partial charge >= 0.3 is 0 Å². The van der Waals surface area contributed by atoms with E-state index < -0.39 is 5.41 Å². The number of carbonyl (C=O) groups is 3. The second-order valence-corrected chi connectivity index (χ2v) is 8.01. The normalized spacial score (nSPS) is 19.4. The minimum Gasteiger partial charge on any atom is -0.354 e. The summed E-state index contributed by atoms with van der Waals surface area (Å²) in [5.41, 5.74) is -0.644. The van der Waals surface area contributed by atoms with Crippen molar-refractivity contribution in [3.05, 3.63) is 35.9 Å². The van der Waals surface area contributed by atoms with Crippen LogP contribution in [0, 0.1) is 10.8 Å². The van der Waals surface area contributed by atoms with Crippen LogP contribution in [0.25, 0.3) is 0 Å². The van der Waals surface area contributed by atoms with Gasteiger partial charge in [-0.3, -0.25) is 14.4 Å². The minimum absolute atomic E-state index is 0.0171. The summed E-state index contributed by atoms with van der Waals surface area (Å²) in [6, 6.07) is 9.47. The largest absolute Gasteiger partial charge is 0.354 e. The second kappa shape index (κ2) is 6.88. The number of hydrogen-bond acceptors (Lipinski definition) is 3. The average Bonchev–Trinajstić information content (AvgIpc) is 2.44. The fourth-order valence-corrected chi connectivity index (χ4v) is 3.47. The molecule has 0 heterocycles. The quantitative estimate of drug-likeness (QED) is 0.844. The summed E-state index contributed by atoms with van der Waals surface area (Å²) in [7, 11) is 0. The van der Waals surface area contributed by atoms with Crippen LogP contribution >= 0.6 is 0 Å². The third-order valence-electron chi connectivity index (χ3n) is 4.61. The molecule has 0 atom stereocenters. The van der Waals surface area contributed by atoms with Gasteiger partial charge in [-0.2, -0.15) is 0 Å². The highest BCUT2D eigenvalue weighted by molar-refractivity contribution is 6.12. The Labute approximate surface area is 144 Å². The molecule has 130 valence electrons. The zero-order chi connectivity index (χ0) is 18.0. The maximum absolute atomic E-state index is 13.0. The molecule has 1 fully saturated rings. The summed E-state index contributed by atoms with van der Waals surface area (Å²) in [5.74, 6) is -0.444. The fourth-order valence-electron chi connectivity index (χ4n) is 3.47. The molecule has 0 unspecified atom stereocenters. The van der Waals surface area contributed by atoms with Crippen LogP contribution in [-0.4, -0.2) is 23.5 Å². The zero-order valence-electron chi connectivity index (χ0n) is 15.0. The van der Waals surface area contributed by atoms with Gasteiger partial charge in [0.1, 0.15) is 17.0 Å². The molecule has 0 aromatic heterocycles. The highest BCUT2D eigenvalue weighted by atomic mass is 16.2. The van der Waals surface area contributed by atoms with Crippen LogP contribution in [0.5, 0.6) is 0 Å². The van der Waals surface area contributed by atoms with Crippen molar-refractivity contribution >= 4 is 17.5 Å². The Morgan fingerprint density at radius 3 is 2.12 bits per heavy atom. The maximum Gasteiger partial charge on any atom is 0.221 e. The monoisotopic (exact) mass is 329 g/mol. The topological polar surface area (TPSA) is 63.2 Å². The molecule has 0 aliphatic heterocycles. The summed E-state index contributed by atoms with van der Waals surface area (Å²) >= 11 is 0. The number of Topliss-reactive ketones (excluding diaryl/α,β-unsaturated/α-hetero) is 2. The lowest BCUT2D eigenvalue weighted by molar-refractivity contribution is -0.151. The third-order valence-corrected chi connectivity index (χ3v) is 4.61. The lowest BCUT2D eigenvalue weighted by atomic mass is 9.60. The van der Waals surface area contributed by atoms with Crippen molar-refractivity contribution in [2.24, 2.45) is 10.8 Å². The number of carbonyl (C=O) groups excluding carboxylic acids is 3. The summed E-state index contributed by atoms with van der Waals surface area (Å²) in [4.78, 5) is 38.3. The molecule has 1 amide bonds. The van der Waals surface area contributed by atoms with E-state index in [9.17, 15) is 14.4 Å². The van der Waals surface area contributed by atoms with Gasteiger partial charge < -0.3 is 5.32 Å². The summed E-state index contributed by atoms with van der Waals surface area (Å²) in [6.07, 6.45) is 0.905. The number of amides is 1. The van der Waals surface area contributed by atoms with Gasteiger partial charge in [0.2, 0.25) is 5.91 Å². The Hall–Kier alpha value is -1.97. The van der Waals surface area contributed by atoms with Crippen molar-refractivity contribution in [3.8, 4) is 0 Å². The molecule has 0 radical (unpaired) electrons. The van der Waals surface area contributed by atoms with E-state index in [0.717, 1.165) is 5.56 Å². The van der Waals surface area contributed by atoms with E-state index >= 15 is 0 Å². The number of rotatable bonds is 5. The Balaban J connectivity index is 2.36. The van der Waals surface area contributed by atoms with Crippen LogP contribution in [0.15, 0.2) is 30.3 Å². The molecule has 1 aliphatic rings. The first-order chi connectivity index (χ1) is 11.1. The summed E-state index contributed by atoms with van der Waals surface area (Å²) in [6.45, 7) is 7.61. The van der Waals surface area contributed by atoms with Crippen LogP contribution < -0.4 is 5.32 Å². The first-order valence-corrected chi connectivity index (χ1v) is 8.54. The van der Waals surface area contributed by atoms with E-state index in [0.29, 0.717) is 19.3 Å². The Morgan fingerprint density at radius 1 is 1.08 bits per heavy atom. The molecule has 1 saturated carbocycles. The van der Waals surface area contributed by atoms with Crippen molar-refractivity contribution in [3.63, 3.8) is 0 Å². The molecule has 1 N–H and O–H groups in total. The van der Waals surface area contributed by atoms with Crippen molar-refractivity contribution in [2.45, 2.75) is 59.4 Å². The molecule has 0 spiro atoms. The van der Waals surface area contributed by atoms with Gasteiger partial charge in [-0.25, -0.2) is 0 Å². The van der Waals surface area contributed by atoms with Crippen LogP contribution in [0.3, 0.4) is 0 Å². The van der Waals surface area contributed by atoms with E-state index in [1.165, 1.54) is 0 Å². The molecular weight excluding hydrogens is 302 g/mol. The standard InChI is InChI=1S/C20H27NO3/c1-14(2)21-18(24)13-20(10-15-8-6-5-7-9-15)16(22)11-19(3,4)12-17(20)23/h5-9,14H,10-13H2,1-4H3,(H,21,24). The van der Waals surface area contributed by atoms with Crippen LogP contribution in [-0.2, 0) is 20.8 Å². The van der Waals surface area contributed by atoms with Gasteiger partial charge in [-0.05, 0) is 31.2 Å². The number of ketones is 2.